The lowest BCUT2D eigenvalue weighted by Gasteiger charge is -2.23. The molecule has 0 saturated heterocycles. The lowest BCUT2D eigenvalue weighted by molar-refractivity contribution is -0.140. The number of rotatable bonds is 4. The molecule has 0 radical (unpaired) electrons. The first-order chi connectivity index (χ1) is 11.7. The maximum Gasteiger partial charge on any atom is 0.342 e. The number of hydrogen-bond donors (Lipinski definition) is 0. The molecule has 2 aliphatic carbocycles. The van der Waals surface area contributed by atoms with Crippen LogP contribution in [0, 0.1) is 5.92 Å². The lowest BCUT2D eigenvalue weighted by atomic mass is 9.89. The summed E-state index contributed by atoms with van der Waals surface area (Å²) in [5, 5.41) is 0. The van der Waals surface area contributed by atoms with Crippen LogP contribution in [0.2, 0.25) is 0 Å². The molecule has 24 heavy (non-hydrogen) atoms. The number of carbonyl (C=O) groups is 2. The summed E-state index contributed by atoms with van der Waals surface area (Å²) in [7, 11) is 0. The van der Waals surface area contributed by atoms with Crippen LogP contribution in [0.4, 0.5) is 0 Å². The lowest BCUT2D eigenvalue weighted by Crippen LogP contribution is -2.25. The Labute approximate surface area is 143 Å². The van der Waals surface area contributed by atoms with Gasteiger partial charge in [0.1, 0.15) is 17.4 Å². The molecule has 2 fully saturated rings. The minimum absolute atomic E-state index is 0.00616. The molecule has 0 atom stereocenters. The number of carbonyl (C=O) groups excluding carboxylic acids is 2. The van der Waals surface area contributed by atoms with Gasteiger partial charge in [0.05, 0.1) is 5.92 Å². The van der Waals surface area contributed by atoms with Crippen LogP contribution in [-0.4, -0.2) is 18.0 Å². The van der Waals surface area contributed by atoms with Crippen LogP contribution in [0.25, 0.3) is 0 Å². The topological polar surface area (TPSA) is 52.6 Å². The molecular weight excluding hydrogens is 304 g/mol. The van der Waals surface area contributed by atoms with Gasteiger partial charge < -0.3 is 9.47 Å². The van der Waals surface area contributed by atoms with E-state index in [1.165, 1.54) is 12.8 Å². The molecule has 0 N–H and O–H groups in total. The highest BCUT2D eigenvalue weighted by molar-refractivity contribution is 5.93. The number of para-hydroxylation sites is 1. The zero-order valence-corrected chi connectivity index (χ0v) is 14.2. The number of esters is 2. The first-order valence-electron chi connectivity index (χ1n) is 9.26. The predicted molar refractivity (Wildman–Crippen MR) is 90.9 cm³/mol. The van der Waals surface area contributed by atoms with Gasteiger partial charge in [0.15, 0.2) is 0 Å². The summed E-state index contributed by atoms with van der Waals surface area (Å²) in [4.78, 5) is 24.8. The van der Waals surface area contributed by atoms with Crippen molar-refractivity contribution in [1.82, 2.24) is 0 Å². The van der Waals surface area contributed by atoms with E-state index in [-0.39, 0.29) is 24.0 Å². The van der Waals surface area contributed by atoms with Crippen LogP contribution in [-0.2, 0) is 9.53 Å². The van der Waals surface area contributed by atoms with Crippen LogP contribution in [0.1, 0.15) is 74.6 Å². The summed E-state index contributed by atoms with van der Waals surface area (Å²) in [5.41, 5.74) is 0.354. The van der Waals surface area contributed by atoms with Crippen molar-refractivity contribution >= 4 is 11.9 Å². The molecular formula is C20H26O4. The van der Waals surface area contributed by atoms with Gasteiger partial charge in [-0.2, -0.15) is 0 Å². The largest absolute Gasteiger partial charge is 0.459 e. The summed E-state index contributed by atoms with van der Waals surface area (Å²) in [6, 6.07) is 6.91. The quantitative estimate of drug-likeness (QED) is 0.595. The molecule has 2 saturated carbocycles. The molecule has 0 amide bonds. The average Bonchev–Trinajstić information content (AvgIpc) is 2.63. The molecule has 1 aromatic rings. The van der Waals surface area contributed by atoms with Gasteiger partial charge in [-0.05, 0) is 50.7 Å². The average molecular weight is 330 g/mol. The van der Waals surface area contributed by atoms with Crippen molar-refractivity contribution in [2.45, 2.75) is 70.3 Å². The van der Waals surface area contributed by atoms with Gasteiger partial charge in [0.25, 0.3) is 0 Å². The second-order valence-electron chi connectivity index (χ2n) is 6.92. The summed E-state index contributed by atoms with van der Waals surface area (Å²) < 4.78 is 11.2. The summed E-state index contributed by atoms with van der Waals surface area (Å²) >= 11 is 0. The zero-order valence-electron chi connectivity index (χ0n) is 14.2. The highest BCUT2D eigenvalue weighted by Crippen LogP contribution is 2.28. The van der Waals surface area contributed by atoms with Crippen molar-refractivity contribution in [3.63, 3.8) is 0 Å². The van der Waals surface area contributed by atoms with Gasteiger partial charge >= 0.3 is 11.9 Å². The highest BCUT2D eigenvalue weighted by atomic mass is 16.6. The molecule has 0 aromatic heterocycles. The Kier molecular flexibility index (Phi) is 5.89. The fourth-order valence-electron chi connectivity index (χ4n) is 3.65. The van der Waals surface area contributed by atoms with Crippen molar-refractivity contribution in [2.24, 2.45) is 5.92 Å². The van der Waals surface area contributed by atoms with Crippen molar-refractivity contribution < 1.29 is 19.1 Å². The van der Waals surface area contributed by atoms with E-state index in [0.29, 0.717) is 11.3 Å². The normalized spacial score (nSPS) is 19.7. The van der Waals surface area contributed by atoms with Crippen LogP contribution < -0.4 is 4.74 Å². The molecule has 130 valence electrons. The molecule has 4 nitrogen and oxygen atoms in total. The van der Waals surface area contributed by atoms with Gasteiger partial charge in [-0.1, -0.05) is 37.8 Å². The molecule has 0 aliphatic heterocycles. The molecule has 4 heteroatoms. The first kappa shape index (κ1) is 17.0. The fourth-order valence-corrected chi connectivity index (χ4v) is 3.65. The Bertz CT molecular complexity index is 569. The van der Waals surface area contributed by atoms with E-state index in [1.54, 1.807) is 24.3 Å². The van der Waals surface area contributed by atoms with Gasteiger partial charge in [-0.15, -0.1) is 0 Å². The molecule has 3 rings (SSSR count). The maximum absolute atomic E-state index is 12.5. The maximum atomic E-state index is 12.5. The van der Waals surface area contributed by atoms with Crippen molar-refractivity contribution in [3.8, 4) is 5.75 Å². The number of hydrogen-bond acceptors (Lipinski definition) is 4. The molecule has 2 aliphatic rings. The third kappa shape index (κ3) is 4.37. The second-order valence-corrected chi connectivity index (χ2v) is 6.92. The second kappa shape index (κ2) is 8.32. The minimum atomic E-state index is -0.381. The highest BCUT2D eigenvalue weighted by Gasteiger charge is 2.26. The monoisotopic (exact) mass is 330 g/mol. The first-order valence-corrected chi connectivity index (χ1v) is 9.26. The van der Waals surface area contributed by atoms with Gasteiger partial charge in [0, 0.05) is 0 Å². The SMILES string of the molecule is O=C(OC1CCCCC1)c1ccccc1OC(=O)C1CCCCC1. The molecule has 0 heterocycles. The van der Waals surface area contributed by atoms with E-state index < -0.39 is 0 Å². The Morgan fingerprint density at radius 1 is 0.833 bits per heavy atom. The molecule has 0 bridgehead atoms. The van der Waals surface area contributed by atoms with Crippen molar-refractivity contribution in [2.75, 3.05) is 0 Å². The van der Waals surface area contributed by atoms with E-state index in [1.807, 2.05) is 0 Å². The summed E-state index contributed by atoms with van der Waals surface area (Å²) in [6.45, 7) is 0. The molecule has 1 aromatic carbocycles. The van der Waals surface area contributed by atoms with E-state index in [0.717, 1.165) is 51.4 Å². The summed E-state index contributed by atoms with van der Waals surface area (Å²) in [5.74, 6) is -0.309. The van der Waals surface area contributed by atoms with Crippen molar-refractivity contribution in [3.05, 3.63) is 29.8 Å². The van der Waals surface area contributed by atoms with E-state index >= 15 is 0 Å². The predicted octanol–water partition coefficient (Wildman–Crippen LogP) is 4.66. The Morgan fingerprint density at radius 2 is 1.46 bits per heavy atom. The third-order valence-corrected chi connectivity index (χ3v) is 5.08. The Hall–Kier alpha value is -1.84. The zero-order chi connectivity index (χ0) is 16.8. The van der Waals surface area contributed by atoms with Crippen LogP contribution >= 0.6 is 0 Å². The van der Waals surface area contributed by atoms with Crippen molar-refractivity contribution in [1.29, 1.82) is 0 Å². The third-order valence-electron chi connectivity index (χ3n) is 5.08. The standard InChI is InChI=1S/C20H26O4/c21-19(15-9-3-1-4-10-15)24-18-14-8-7-13-17(18)20(22)23-16-11-5-2-6-12-16/h7-8,13-16H,1-6,9-12H2. The fraction of sp³-hybridized carbons (Fsp3) is 0.600. The van der Waals surface area contributed by atoms with Gasteiger partial charge in [-0.3, -0.25) is 4.79 Å². The van der Waals surface area contributed by atoms with Gasteiger partial charge in [-0.25, -0.2) is 4.79 Å². The number of benzene rings is 1. The number of ether oxygens (including phenoxy) is 2. The smallest absolute Gasteiger partial charge is 0.342 e. The Morgan fingerprint density at radius 3 is 2.17 bits per heavy atom. The van der Waals surface area contributed by atoms with Crippen LogP contribution in [0.3, 0.4) is 0 Å². The van der Waals surface area contributed by atoms with Crippen LogP contribution in [0.15, 0.2) is 24.3 Å². The van der Waals surface area contributed by atoms with E-state index in [9.17, 15) is 9.59 Å². The van der Waals surface area contributed by atoms with Gasteiger partial charge in [0.2, 0.25) is 0 Å². The molecule has 0 unspecified atom stereocenters. The Balaban J connectivity index is 1.65. The minimum Gasteiger partial charge on any atom is -0.459 e. The summed E-state index contributed by atoms with van der Waals surface area (Å²) in [6.07, 6.45) is 10.4. The van der Waals surface area contributed by atoms with Crippen LogP contribution in [0.5, 0.6) is 5.75 Å². The van der Waals surface area contributed by atoms with E-state index in [2.05, 4.69) is 0 Å². The van der Waals surface area contributed by atoms with E-state index in [4.69, 9.17) is 9.47 Å². The molecule has 0 spiro atoms.